The van der Waals surface area contributed by atoms with E-state index in [9.17, 15) is 9.59 Å². The quantitative estimate of drug-likeness (QED) is 0.448. The minimum Gasteiger partial charge on any atom is -0.465 e. The molecule has 1 saturated heterocycles. The van der Waals surface area contributed by atoms with Crippen molar-refractivity contribution in [2.75, 3.05) is 30.4 Å². The van der Waals surface area contributed by atoms with E-state index in [2.05, 4.69) is 37.1 Å². The number of rotatable bonds is 6. The normalized spacial score (nSPS) is 16.3. The highest BCUT2D eigenvalue weighted by molar-refractivity contribution is 5.95. The summed E-state index contributed by atoms with van der Waals surface area (Å²) in [5, 5.41) is 4.08. The zero-order chi connectivity index (χ0) is 24.5. The largest absolute Gasteiger partial charge is 0.465 e. The molecule has 1 aliphatic heterocycles. The van der Waals surface area contributed by atoms with Gasteiger partial charge in [-0.25, -0.2) is 4.79 Å². The second kappa shape index (κ2) is 9.53. The van der Waals surface area contributed by atoms with Crippen molar-refractivity contribution in [3.8, 4) is 0 Å². The van der Waals surface area contributed by atoms with E-state index < -0.39 is 5.97 Å². The van der Waals surface area contributed by atoms with Crippen molar-refractivity contribution in [1.29, 1.82) is 0 Å². The van der Waals surface area contributed by atoms with E-state index in [0.29, 0.717) is 33.5 Å². The molecule has 180 valence electrons. The molecule has 1 aliphatic rings. The van der Waals surface area contributed by atoms with E-state index in [1.165, 1.54) is 7.11 Å². The number of methoxy groups -OCH3 is 1. The Morgan fingerprint density at radius 3 is 2.56 bits per heavy atom. The highest BCUT2D eigenvalue weighted by Gasteiger charge is 2.27. The lowest BCUT2D eigenvalue weighted by Gasteiger charge is -2.37. The summed E-state index contributed by atoms with van der Waals surface area (Å²) in [5.41, 5.74) is 3.94. The third kappa shape index (κ3) is 4.81. The van der Waals surface area contributed by atoms with Gasteiger partial charge in [0.05, 0.1) is 24.1 Å². The molecule has 34 heavy (non-hydrogen) atoms. The van der Waals surface area contributed by atoms with Crippen LogP contribution < -0.4 is 15.6 Å². The predicted octanol–water partition coefficient (Wildman–Crippen LogP) is 6.08. The Morgan fingerprint density at radius 1 is 1.18 bits per heavy atom. The van der Waals surface area contributed by atoms with E-state index in [1.54, 1.807) is 12.1 Å². The lowest BCUT2D eigenvalue weighted by atomic mass is 9.83. The van der Waals surface area contributed by atoms with Crippen LogP contribution in [0.3, 0.4) is 0 Å². The number of anilines is 2. The number of carbonyl (C=O) groups is 1. The number of carbonyl (C=O) groups excluding carboxylic acids is 1. The van der Waals surface area contributed by atoms with Gasteiger partial charge in [0.15, 0.2) is 11.3 Å². The van der Waals surface area contributed by atoms with Gasteiger partial charge in [-0.15, -0.1) is 0 Å². The minimum absolute atomic E-state index is 0.0316. The molecule has 6 heteroatoms. The molecule has 3 aromatic rings. The van der Waals surface area contributed by atoms with Crippen LogP contribution in [0.15, 0.2) is 51.7 Å². The van der Waals surface area contributed by atoms with Crippen LogP contribution in [0.2, 0.25) is 0 Å². The van der Waals surface area contributed by atoms with Crippen LogP contribution >= 0.6 is 0 Å². The van der Waals surface area contributed by atoms with Gasteiger partial charge in [0.25, 0.3) is 0 Å². The number of piperidine rings is 1. The molecular formula is C28H34N2O4. The summed E-state index contributed by atoms with van der Waals surface area (Å²) in [4.78, 5) is 27.6. The molecule has 4 rings (SSSR count). The van der Waals surface area contributed by atoms with Gasteiger partial charge >= 0.3 is 5.97 Å². The van der Waals surface area contributed by atoms with Gasteiger partial charge in [0.1, 0.15) is 5.58 Å². The Hall–Kier alpha value is -3.28. The van der Waals surface area contributed by atoms with Crippen molar-refractivity contribution < 1.29 is 13.9 Å². The summed E-state index contributed by atoms with van der Waals surface area (Å²) in [6, 6.07) is 12.7. The Kier molecular flexibility index (Phi) is 6.69. The van der Waals surface area contributed by atoms with Crippen LogP contribution in [0.4, 0.5) is 11.6 Å². The van der Waals surface area contributed by atoms with Crippen molar-refractivity contribution in [2.24, 2.45) is 5.41 Å². The molecule has 6 nitrogen and oxygen atoms in total. The van der Waals surface area contributed by atoms with Crippen LogP contribution in [-0.2, 0) is 4.74 Å². The third-order valence-electron chi connectivity index (χ3n) is 6.86. The number of fused-ring (bicyclic) bond motifs is 1. The molecule has 2 heterocycles. The van der Waals surface area contributed by atoms with Gasteiger partial charge in [-0.1, -0.05) is 39.0 Å². The second-order valence-corrected chi connectivity index (χ2v) is 9.97. The monoisotopic (exact) mass is 462 g/mol. The molecular weight excluding hydrogens is 428 g/mol. The SMILES string of the molecule is CCC(Nc1ccccc1C(=O)OC)c1cc(C)cc2c(=O)cc(N3CCC(C)(C)CC3)oc12. The van der Waals surface area contributed by atoms with Crippen molar-refractivity contribution >= 4 is 28.5 Å². The van der Waals surface area contributed by atoms with Gasteiger partial charge in [-0.05, 0) is 55.4 Å². The third-order valence-corrected chi connectivity index (χ3v) is 6.86. The van der Waals surface area contributed by atoms with Crippen LogP contribution in [0.1, 0.15) is 67.6 Å². The number of hydrogen-bond acceptors (Lipinski definition) is 6. The van der Waals surface area contributed by atoms with E-state index in [-0.39, 0.29) is 11.5 Å². The number of aryl methyl sites for hydroxylation is 1. The first-order valence-electron chi connectivity index (χ1n) is 12.0. The van der Waals surface area contributed by atoms with Gasteiger partial charge < -0.3 is 19.4 Å². The van der Waals surface area contributed by atoms with Gasteiger partial charge in [-0.2, -0.15) is 0 Å². The summed E-state index contributed by atoms with van der Waals surface area (Å²) in [6.45, 7) is 10.4. The lowest BCUT2D eigenvalue weighted by molar-refractivity contribution is 0.0601. The first kappa shape index (κ1) is 23.9. The molecule has 0 amide bonds. The molecule has 0 saturated carbocycles. The zero-order valence-corrected chi connectivity index (χ0v) is 20.7. The average Bonchev–Trinajstić information content (AvgIpc) is 2.82. The fourth-order valence-electron chi connectivity index (χ4n) is 4.65. The summed E-state index contributed by atoms with van der Waals surface area (Å²) in [5.74, 6) is 0.233. The molecule has 0 aliphatic carbocycles. The minimum atomic E-state index is -0.395. The maximum absolute atomic E-state index is 13.2. The van der Waals surface area contributed by atoms with E-state index in [0.717, 1.165) is 43.5 Å². The first-order chi connectivity index (χ1) is 16.2. The van der Waals surface area contributed by atoms with Crippen molar-refractivity contribution in [3.63, 3.8) is 0 Å². The number of hydrogen-bond donors (Lipinski definition) is 1. The molecule has 0 radical (unpaired) electrons. The number of benzene rings is 2. The van der Waals surface area contributed by atoms with E-state index >= 15 is 0 Å². The molecule has 1 atom stereocenters. The highest BCUT2D eigenvalue weighted by Crippen LogP contribution is 2.35. The molecule has 1 aromatic heterocycles. The lowest BCUT2D eigenvalue weighted by Crippen LogP contribution is -2.37. The molecule has 1 N–H and O–H groups in total. The van der Waals surface area contributed by atoms with Gasteiger partial charge in [-0.3, -0.25) is 4.79 Å². The Bertz CT molecular complexity index is 1250. The number of nitrogens with zero attached hydrogens (tertiary/aromatic N) is 1. The van der Waals surface area contributed by atoms with E-state index in [1.807, 2.05) is 31.2 Å². The Labute approximate surface area is 200 Å². The Balaban J connectivity index is 1.77. The van der Waals surface area contributed by atoms with Gasteiger partial charge in [0, 0.05) is 30.4 Å². The highest BCUT2D eigenvalue weighted by atomic mass is 16.5. The van der Waals surface area contributed by atoms with Gasteiger partial charge in [0.2, 0.25) is 0 Å². The summed E-state index contributed by atoms with van der Waals surface area (Å²) in [6.07, 6.45) is 2.85. The van der Waals surface area contributed by atoms with Crippen molar-refractivity contribution in [2.45, 2.75) is 53.0 Å². The smallest absolute Gasteiger partial charge is 0.339 e. The average molecular weight is 463 g/mol. The fourth-order valence-corrected chi connectivity index (χ4v) is 4.65. The summed E-state index contributed by atoms with van der Waals surface area (Å²) >= 11 is 0. The van der Waals surface area contributed by atoms with Crippen molar-refractivity contribution in [3.05, 3.63) is 69.4 Å². The maximum atomic E-state index is 13.2. The summed E-state index contributed by atoms with van der Waals surface area (Å²) < 4.78 is 11.4. The standard InChI is InChI=1S/C28H34N2O4/c1-6-22(29-23-10-8-7-9-19(23)27(32)33-5)20-15-18(2)16-21-24(31)17-25(34-26(20)21)30-13-11-28(3,4)12-14-30/h7-10,15-17,22,29H,6,11-14H2,1-5H3. The van der Waals surface area contributed by atoms with Crippen LogP contribution in [-0.4, -0.2) is 26.2 Å². The second-order valence-electron chi connectivity index (χ2n) is 9.97. The molecule has 2 aromatic carbocycles. The van der Waals surface area contributed by atoms with Crippen LogP contribution in [0.5, 0.6) is 0 Å². The number of nitrogens with one attached hydrogen (secondary N) is 1. The predicted molar refractivity (Wildman–Crippen MR) is 137 cm³/mol. The fraction of sp³-hybridized carbons (Fsp3) is 0.429. The van der Waals surface area contributed by atoms with Crippen molar-refractivity contribution in [1.82, 2.24) is 0 Å². The van der Waals surface area contributed by atoms with E-state index in [4.69, 9.17) is 9.15 Å². The molecule has 0 bridgehead atoms. The van der Waals surface area contributed by atoms with Crippen LogP contribution in [0, 0.1) is 12.3 Å². The maximum Gasteiger partial charge on any atom is 0.339 e. The summed E-state index contributed by atoms with van der Waals surface area (Å²) in [7, 11) is 1.38. The number of esters is 1. The number of para-hydroxylation sites is 1. The zero-order valence-electron chi connectivity index (χ0n) is 20.7. The van der Waals surface area contributed by atoms with Crippen LogP contribution in [0.25, 0.3) is 11.0 Å². The topological polar surface area (TPSA) is 71.8 Å². The Morgan fingerprint density at radius 2 is 1.88 bits per heavy atom. The number of ether oxygens (including phenoxy) is 1. The molecule has 1 fully saturated rings. The molecule has 1 unspecified atom stereocenters. The molecule has 0 spiro atoms. The first-order valence-corrected chi connectivity index (χ1v) is 12.0.